The van der Waals surface area contributed by atoms with Crippen LogP contribution >= 0.6 is 0 Å². The van der Waals surface area contributed by atoms with E-state index in [4.69, 9.17) is 4.74 Å². The van der Waals surface area contributed by atoms with Crippen LogP contribution in [0.1, 0.15) is 5.69 Å². The topological polar surface area (TPSA) is 71.3 Å². The number of ether oxygens (including phenoxy) is 1. The third-order valence-electron chi connectivity index (χ3n) is 5.18. The minimum Gasteiger partial charge on any atom is -0.378 e. The molecule has 8 heteroatoms. The van der Waals surface area contributed by atoms with Crippen molar-refractivity contribution in [1.82, 2.24) is 29.5 Å². The van der Waals surface area contributed by atoms with Crippen LogP contribution in [0, 0.1) is 6.92 Å². The Kier molecular flexibility index (Phi) is 4.11. The molecule has 2 fully saturated rings. The van der Waals surface area contributed by atoms with Crippen molar-refractivity contribution in [2.75, 3.05) is 51.8 Å². The highest BCUT2D eigenvalue weighted by atomic mass is 16.5. The highest BCUT2D eigenvalue weighted by Gasteiger charge is 2.35. The van der Waals surface area contributed by atoms with Crippen LogP contribution in [0.4, 0.5) is 5.82 Å². The van der Waals surface area contributed by atoms with E-state index in [0.29, 0.717) is 12.6 Å². The Morgan fingerprint density at radius 1 is 1.12 bits per heavy atom. The van der Waals surface area contributed by atoms with Gasteiger partial charge >= 0.3 is 0 Å². The van der Waals surface area contributed by atoms with E-state index in [2.05, 4.69) is 37.2 Å². The van der Waals surface area contributed by atoms with E-state index in [0.717, 1.165) is 55.3 Å². The summed E-state index contributed by atoms with van der Waals surface area (Å²) >= 11 is 0. The zero-order valence-electron chi connectivity index (χ0n) is 14.6. The molecule has 0 unspecified atom stereocenters. The van der Waals surface area contributed by atoms with Crippen molar-refractivity contribution in [3.8, 4) is 0 Å². The van der Waals surface area contributed by atoms with E-state index in [1.807, 2.05) is 14.0 Å². The maximum absolute atomic E-state index is 5.79. The van der Waals surface area contributed by atoms with Crippen LogP contribution in [0.2, 0.25) is 0 Å². The first-order chi connectivity index (χ1) is 11.6. The molecule has 0 aromatic carbocycles. The maximum Gasteiger partial charge on any atom is 0.163 e. The number of hydrogen-bond acceptors (Lipinski definition) is 7. The van der Waals surface area contributed by atoms with E-state index in [1.54, 1.807) is 11.0 Å². The lowest BCUT2D eigenvalue weighted by atomic mass is 10.1. The van der Waals surface area contributed by atoms with Gasteiger partial charge in [-0.1, -0.05) is 0 Å². The Morgan fingerprint density at radius 3 is 2.71 bits per heavy atom. The van der Waals surface area contributed by atoms with Crippen LogP contribution in [0.25, 0.3) is 11.0 Å². The number of nitrogens with zero attached hydrogens (tertiary/aromatic N) is 6. The Morgan fingerprint density at radius 2 is 1.92 bits per heavy atom. The van der Waals surface area contributed by atoms with Gasteiger partial charge < -0.3 is 15.0 Å². The molecule has 4 rings (SSSR count). The summed E-state index contributed by atoms with van der Waals surface area (Å²) in [5, 5.41) is 9.09. The molecule has 0 radical (unpaired) electrons. The van der Waals surface area contributed by atoms with Gasteiger partial charge in [0.05, 0.1) is 36.4 Å². The van der Waals surface area contributed by atoms with E-state index in [1.165, 1.54) is 0 Å². The highest BCUT2D eigenvalue weighted by molar-refractivity contribution is 5.89. The molecule has 0 aliphatic carbocycles. The van der Waals surface area contributed by atoms with Gasteiger partial charge in [-0.15, -0.1) is 0 Å². The molecule has 0 bridgehead atoms. The van der Waals surface area contributed by atoms with Crippen molar-refractivity contribution in [1.29, 1.82) is 0 Å². The molecule has 0 spiro atoms. The molecule has 2 aromatic heterocycles. The molecule has 2 aliphatic heterocycles. The number of piperazine rings is 1. The van der Waals surface area contributed by atoms with Gasteiger partial charge in [-0.3, -0.25) is 9.58 Å². The Balaban J connectivity index is 1.56. The summed E-state index contributed by atoms with van der Waals surface area (Å²) in [6.07, 6.45) is 1.60. The Hall–Kier alpha value is -1.77. The summed E-state index contributed by atoms with van der Waals surface area (Å²) in [4.78, 5) is 13.8. The SMILES string of the molecule is Cc1nn(C)c2ncnc(N[C@@H]3COC[C@H]3N3CCN(C)CC3)c12. The molecule has 130 valence electrons. The van der Waals surface area contributed by atoms with Crippen LogP contribution in [0.5, 0.6) is 0 Å². The van der Waals surface area contributed by atoms with Gasteiger partial charge in [0.25, 0.3) is 0 Å². The lowest BCUT2D eigenvalue weighted by molar-refractivity contribution is 0.0949. The molecule has 0 amide bonds. The molecule has 2 atom stereocenters. The fourth-order valence-electron chi connectivity index (χ4n) is 3.76. The third-order valence-corrected chi connectivity index (χ3v) is 5.18. The number of anilines is 1. The summed E-state index contributed by atoms with van der Waals surface area (Å²) < 4.78 is 7.59. The number of likely N-dealkylation sites (N-methyl/N-ethyl adjacent to an activating group) is 1. The second kappa shape index (κ2) is 6.27. The first-order valence-corrected chi connectivity index (χ1v) is 8.54. The predicted molar refractivity (Wildman–Crippen MR) is 92.1 cm³/mol. The fourth-order valence-corrected chi connectivity index (χ4v) is 3.76. The van der Waals surface area contributed by atoms with Gasteiger partial charge in [0, 0.05) is 33.2 Å². The summed E-state index contributed by atoms with van der Waals surface area (Å²) in [5.74, 6) is 0.861. The number of hydrogen-bond donors (Lipinski definition) is 1. The highest BCUT2D eigenvalue weighted by Crippen LogP contribution is 2.25. The number of aromatic nitrogens is 4. The minimum atomic E-state index is 0.242. The molecule has 4 heterocycles. The smallest absolute Gasteiger partial charge is 0.163 e. The summed E-state index contributed by atoms with van der Waals surface area (Å²) in [6.45, 7) is 7.90. The van der Waals surface area contributed by atoms with Crippen LogP contribution in [-0.2, 0) is 11.8 Å². The largest absolute Gasteiger partial charge is 0.378 e. The monoisotopic (exact) mass is 331 g/mol. The standard InChI is InChI=1S/C16H25N7O/c1-11-14-15(17-10-18-16(14)22(3)20-11)19-12-8-24-9-13(12)23-6-4-21(2)5-7-23/h10,12-13H,4-9H2,1-3H3,(H,17,18,19)/t12-,13-/m1/s1. The average Bonchev–Trinajstić information content (AvgIpc) is 3.14. The average molecular weight is 331 g/mol. The molecule has 0 saturated carbocycles. The quantitative estimate of drug-likeness (QED) is 0.855. The normalized spacial score (nSPS) is 26.3. The van der Waals surface area contributed by atoms with Crippen LogP contribution in [0.15, 0.2) is 6.33 Å². The van der Waals surface area contributed by atoms with Crippen LogP contribution in [0.3, 0.4) is 0 Å². The first kappa shape index (κ1) is 15.7. The van der Waals surface area contributed by atoms with E-state index >= 15 is 0 Å². The van der Waals surface area contributed by atoms with E-state index in [9.17, 15) is 0 Å². The summed E-state index contributed by atoms with van der Waals surface area (Å²) in [5.41, 5.74) is 1.81. The lowest BCUT2D eigenvalue weighted by Gasteiger charge is -2.38. The van der Waals surface area contributed by atoms with Gasteiger partial charge in [-0.05, 0) is 14.0 Å². The molecule has 1 N–H and O–H groups in total. The van der Waals surface area contributed by atoms with Gasteiger partial charge in [0.15, 0.2) is 5.65 Å². The molecule has 2 aliphatic rings. The number of nitrogens with one attached hydrogen (secondary N) is 1. The second-order valence-electron chi connectivity index (χ2n) is 6.82. The van der Waals surface area contributed by atoms with Crippen molar-refractivity contribution in [3.63, 3.8) is 0 Å². The van der Waals surface area contributed by atoms with Gasteiger partial charge in [0.1, 0.15) is 12.1 Å². The summed E-state index contributed by atoms with van der Waals surface area (Å²) in [6, 6.07) is 0.631. The Labute approximate surface area is 141 Å². The molecular weight excluding hydrogens is 306 g/mol. The van der Waals surface area contributed by atoms with Crippen LogP contribution < -0.4 is 5.32 Å². The van der Waals surface area contributed by atoms with Gasteiger partial charge in [-0.25, -0.2) is 9.97 Å². The van der Waals surface area contributed by atoms with E-state index in [-0.39, 0.29) is 6.04 Å². The number of rotatable bonds is 3. The molecular formula is C16H25N7O. The first-order valence-electron chi connectivity index (χ1n) is 8.54. The molecule has 2 aromatic rings. The van der Waals surface area contributed by atoms with Crippen molar-refractivity contribution in [2.24, 2.45) is 7.05 Å². The summed E-state index contributed by atoms with van der Waals surface area (Å²) in [7, 11) is 4.10. The number of aryl methyl sites for hydroxylation is 2. The molecule has 2 saturated heterocycles. The number of fused-ring (bicyclic) bond motifs is 1. The predicted octanol–water partition coefficient (Wildman–Crippen LogP) is 0.0984. The third kappa shape index (κ3) is 2.74. The van der Waals surface area contributed by atoms with Crippen molar-refractivity contribution >= 4 is 16.9 Å². The van der Waals surface area contributed by atoms with Crippen molar-refractivity contribution in [2.45, 2.75) is 19.0 Å². The molecule has 24 heavy (non-hydrogen) atoms. The zero-order chi connectivity index (χ0) is 16.7. The lowest BCUT2D eigenvalue weighted by Crippen LogP contribution is -2.54. The zero-order valence-corrected chi connectivity index (χ0v) is 14.6. The second-order valence-corrected chi connectivity index (χ2v) is 6.82. The van der Waals surface area contributed by atoms with E-state index < -0.39 is 0 Å². The van der Waals surface area contributed by atoms with Gasteiger partial charge in [-0.2, -0.15) is 5.10 Å². The van der Waals surface area contributed by atoms with Crippen molar-refractivity contribution < 1.29 is 4.74 Å². The Bertz CT molecular complexity index is 723. The van der Waals surface area contributed by atoms with Crippen molar-refractivity contribution in [3.05, 3.63) is 12.0 Å². The fraction of sp³-hybridized carbons (Fsp3) is 0.688. The minimum absolute atomic E-state index is 0.242. The maximum atomic E-state index is 5.79. The van der Waals surface area contributed by atoms with Crippen LogP contribution in [-0.4, -0.2) is 88.1 Å². The molecule has 8 nitrogen and oxygen atoms in total. The van der Waals surface area contributed by atoms with Gasteiger partial charge in [0.2, 0.25) is 0 Å².